The molecule has 1 aromatic carbocycles. The number of aliphatic hydroxyl groups excluding tert-OH is 1. The minimum Gasteiger partial charge on any atom is -0.497 e. The van der Waals surface area contributed by atoms with Crippen molar-refractivity contribution in [2.45, 2.75) is 19.4 Å². The normalized spacial score (nSPS) is 11.6. The molecule has 20 heavy (non-hydrogen) atoms. The number of hydrogen-bond acceptors (Lipinski definition) is 4. The molecule has 0 aliphatic carbocycles. The quantitative estimate of drug-likeness (QED) is 0.519. The first-order valence-corrected chi connectivity index (χ1v) is 6.42. The van der Waals surface area contributed by atoms with Crippen LogP contribution in [0.3, 0.4) is 0 Å². The van der Waals surface area contributed by atoms with Crippen LogP contribution in [0.1, 0.15) is 24.9 Å². The molecule has 0 radical (unpaired) electrons. The van der Waals surface area contributed by atoms with E-state index in [1.807, 2.05) is 12.1 Å². The Morgan fingerprint density at radius 3 is 2.45 bits per heavy atom. The second kappa shape index (κ2) is 8.16. The molecule has 3 N–H and O–H groups in total. The van der Waals surface area contributed by atoms with Gasteiger partial charge in [0, 0.05) is 13.2 Å². The summed E-state index contributed by atoms with van der Waals surface area (Å²) in [4.78, 5) is 23.1. The number of rotatable bonds is 6. The van der Waals surface area contributed by atoms with E-state index in [1.165, 1.54) is 0 Å². The zero-order chi connectivity index (χ0) is 15.0. The molecular weight excluding hydrogens is 260 g/mol. The van der Waals surface area contributed by atoms with Crippen LogP contribution in [-0.2, 0) is 9.59 Å². The van der Waals surface area contributed by atoms with Crippen molar-refractivity contribution in [2.75, 3.05) is 20.3 Å². The lowest BCUT2D eigenvalue weighted by molar-refractivity contribution is -0.139. The molecule has 0 unspecified atom stereocenters. The van der Waals surface area contributed by atoms with E-state index < -0.39 is 11.8 Å². The first kappa shape index (κ1) is 16.0. The molecule has 0 saturated carbocycles. The maximum Gasteiger partial charge on any atom is 0.309 e. The molecule has 1 aromatic rings. The smallest absolute Gasteiger partial charge is 0.309 e. The highest BCUT2D eigenvalue weighted by atomic mass is 16.5. The Labute approximate surface area is 118 Å². The SMILES string of the molecule is COc1ccc([C@H](C)NC(=O)C(=O)NCCCO)cc1. The van der Waals surface area contributed by atoms with Gasteiger partial charge in [-0.25, -0.2) is 0 Å². The van der Waals surface area contributed by atoms with Crippen molar-refractivity contribution >= 4 is 11.8 Å². The Balaban J connectivity index is 2.49. The molecule has 0 fully saturated rings. The Morgan fingerprint density at radius 1 is 1.25 bits per heavy atom. The third-order valence-electron chi connectivity index (χ3n) is 2.79. The van der Waals surface area contributed by atoms with Gasteiger partial charge >= 0.3 is 11.8 Å². The molecule has 0 aromatic heterocycles. The molecule has 1 rings (SSSR count). The Hall–Kier alpha value is -2.08. The number of aliphatic hydroxyl groups is 1. The lowest BCUT2D eigenvalue weighted by Gasteiger charge is -2.14. The maximum atomic E-state index is 11.6. The van der Waals surface area contributed by atoms with Crippen LogP contribution < -0.4 is 15.4 Å². The van der Waals surface area contributed by atoms with Gasteiger partial charge < -0.3 is 20.5 Å². The topological polar surface area (TPSA) is 87.7 Å². The van der Waals surface area contributed by atoms with Crippen LogP contribution in [0.5, 0.6) is 5.75 Å². The van der Waals surface area contributed by atoms with E-state index in [2.05, 4.69) is 10.6 Å². The van der Waals surface area contributed by atoms with Gasteiger partial charge in [0.15, 0.2) is 0 Å². The minimum atomic E-state index is -0.696. The van der Waals surface area contributed by atoms with Crippen LogP contribution in [-0.4, -0.2) is 37.2 Å². The summed E-state index contributed by atoms with van der Waals surface area (Å²) in [6.07, 6.45) is 0.424. The van der Waals surface area contributed by atoms with E-state index >= 15 is 0 Å². The van der Waals surface area contributed by atoms with E-state index in [9.17, 15) is 9.59 Å². The van der Waals surface area contributed by atoms with Gasteiger partial charge in [-0.05, 0) is 31.0 Å². The van der Waals surface area contributed by atoms with Crippen molar-refractivity contribution in [3.8, 4) is 5.75 Å². The van der Waals surface area contributed by atoms with E-state index in [0.29, 0.717) is 6.42 Å². The summed E-state index contributed by atoms with van der Waals surface area (Å²) in [7, 11) is 1.58. The monoisotopic (exact) mass is 280 g/mol. The number of ether oxygens (including phenoxy) is 1. The van der Waals surface area contributed by atoms with Gasteiger partial charge in [-0.2, -0.15) is 0 Å². The van der Waals surface area contributed by atoms with Crippen LogP contribution in [0.25, 0.3) is 0 Å². The second-order valence-electron chi connectivity index (χ2n) is 4.30. The Bertz CT molecular complexity index is 445. The zero-order valence-electron chi connectivity index (χ0n) is 11.7. The fourth-order valence-electron chi connectivity index (χ4n) is 1.60. The number of benzene rings is 1. The highest BCUT2D eigenvalue weighted by Gasteiger charge is 2.16. The Kier molecular flexibility index (Phi) is 6.52. The molecule has 0 spiro atoms. The van der Waals surface area contributed by atoms with Crippen molar-refractivity contribution in [3.05, 3.63) is 29.8 Å². The number of amides is 2. The largest absolute Gasteiger partial charge is 0.497 e. The van der Waals surface area contributed by atoms with Crippen LogP contribution in [0, 0.1) is 0 Å². The molecule has 0 saturated heterocycles. The fourth-order valence-corrected chi connectivity index (χ4v) is 1.60. The molecule has 2 amide bonds. The van der Waals surface area contributed by atoms with E-state index in [1.54, 1.807) is 26.2 Å². The van der Waals surface area contributed by atoms with E-state index in [0.717, 1.165) is 11.3 Å². The molecular formula is C14H20N2O4. The molecule has 0 aliphatic rings. The van der Waals surface area contributed by atoms with Gasteiger partial charge in [-0.3, -0.25) is 9.59 Å². The second-order valence-corrected chi connectivity index (χ2v) is 4.30. The van der Waals surface area contributed by atoms with Crippen molar-refractivity contribution < 1.29 is 19.4 Å². The van der Waals surface area contributed by atoms with Gasteiger partial charge in [0.2, 0.25) is 0 Å². The van der Waals surface area contributed by atoms with Gasteiger partial charge in [-0.15, -0.1) is 0 Å². The third-order valence-corrected chi connectivity index (χ3v) is 2.79. The molecule has 0 heterocycles. The van der Waals surface area contributed by atoms with Gasteiger partial charge in [0.25, 0.3) is 0 Å². The summed E-state index contributed by atoms with van der Waals surface area (Å²) in [6, 6.07) is 6.96. The highest BCUT2D eigenvalue weighted by molar-refractivity contribution is 6.35. The standard InChI is InChI=1S/C14H20N2O4/c1-10(11-4-6-12(20-2)7-5-11)16-14(19)13(18)15-8-3-9-17/h4-7,10,17H,3,8-9H2,1-2H3,(H,15,18)(H,16,19)/t10-/m0/s1. The fraction of sp³-hybridized carbons (Fsp3) is 0.429. The number of hydrogen-bond donors (Lipinski definition) is 3. The summed E-state index contributed by atoms with van der Waals surface area (Å²) in [5, 5.41) is 13.6. The first-order valence-electron chi connectivity index (χ1n) is 6.42. The van der Waals surface area contributed by atoms with Crippen LogP contribution in [0.2, 0.25) is 0 Å². The minimum absolute atomic E-state index is 0.0237. The average molecular weight is 280 g/mol. The predicted octanol–water partition coefficient (Wildman–Crippen LogP) is 0.371. The Morgan fingerprint density at radius 2 is 1.90 bits per heavy atom. The van der Waals surface area contributed by atoms with Crippen molar-refractivity contribution in [2.24, 2.45) is 0 Å². The molecule has 6 heteroatoms. The summed E-state index contributed by atoms with van der Waals surface area (Å²) in [5.41, 5.74) is 0.877. The number of methoxy groups -OCH3 is 1. The summed E-state index contributed by atoms with van der Waals surface area (Å²) in [6.45, 7) is 2.05. The van der Waals surface area contributed by atoms with Crippen molar-refractivity contribution in [1.29, 1.82) is 0 Å². The lowest BCUT2D eigenvalue weighted by atomic mass is 10.1. The summed E-state index contributed by atoms with van der Waals surface area (Å²) in [5.74, 6) is -0.654. The summed E-state index contributed by atoms with van der Waals surface area (Å²) < 4.78 is 5.05. The number of carbonyl (C=O) groups excluding carboxylic acids is 2. The zero-order valence-corrected chi connectivity index (χ0v) is 11.7. The molecule has 110 valence electrons. The van der Waals surface area contributed by atoms with Crippen molar-refractivity contribution in [3.63, 3.8) is 0 Å². The van der Waals surface area contributed by atoms with Gasteiger partial charge in [0.05, 0.1) is 13.2 Å². The van der Waals surface area contributed by atoms with Gasteiger partial charge in [-0.1, -0.05) is 12.1 Å². The average Bonchev–Trinajstić information content (AvgIpc) is 2.47. The third kappa shape index (κ3) is 4.89. The van der Waals surface area contributed by atoms with Crippen LogP contribution in [0.15, 0.2) is 24.3 Å². The maximum absolute atomic E-state index is 11.6. The van der Waals surface area contributed by atoms with Crippen LogP contribution in [0.4, 0.5) is 0 Å². The lowest BCUT2D eigenvalue weighted by Crippen LogP contribution is -2.41. The van der Waals surface area contributed by atoms with E-state index in [4.69, 9.17) is 9.84 Å². The van der Waals surface area contributed by atoms with Gasteiger partial charge in [0.1, 0.15) is 5.75 Å². The molecule has 0 aliphatic heterocycles. The number of carbonyl (C=O) groups is 2. The highest BCUT2D eigenvalue weighted by Crippen LogP contribution is 2.16. The van der Waals surface area contributed by atoms with Crippen LogP contribution >= 0.6 is 0 Å². The first-order chi connectivity index (χ1) is 9.58. The summed E-state index contributed by atoms with van der Waals surface area (Å²) >= 11 is 0. The molecule has 0 bridgehead atoms. The van der Waals surface area contributed by atoms with Crippen molar-refractivity contribution in [1.82, 2.24) is 10.6 Å². The number of nitrogens with one attached hydrogen (secondary N) is 2. The molecule has 6 nitrogen and oxygen atoms in total. The van der Waals surface area contributed by atoms with E-state index in [-0.39, 0.29) is 19.2 Å². The predicted molar refractivity (Wildman–Crippen MR) is 74.3 cm³/mol. The molecule has 1 atom stereocenters.